The van der Waals surface area contributed by atoms with Crippen LogP contribution in [-0.2, 0) is 29.4 Å². The van der Waals surface area contributed by atoms with Gasteiger partial charge in [-0.05, 0) is 38.3 Å². The number of nitrogens with one attached hydrogen (secondary N) is 2. The van der Waals surface area contributed by atoms with Gasteiger partial charge in [-0.15, -0.1) is 10.2 Å². The van der Waals surface area contributed by atoms with Crippen LogP contribution in [0.4, 0.5) is 24.7 Å². The molecular formula is C19H18F3N7O2. The number of rotatable bonds is 4. The summed E-state index contributed by atoms with van der Waals surface area (Å²) in [5.74, 6) is 0.642. The topological polar surface area (TPSA) is 111 Å². The first-order valence-corrected chi connectivity index (χ1v) is 9.78. The van der Waals surface area contributed by atoms with Gasteiger partial charge in [0.1, 0.15) is 16.7 Å². The van der Waals surface area contributed by atoms with Gasteiger partial charge in [0.25, 0.3) is 5.89 Å². The Hall–Kier alpha value is -3.44. The molecule has 3 aromatic heterocycles. The maximum Gasteiger partial charge on any atom is 0.433 e. The molecule has 2 aliphatic rings. The van der Waals surface area contributed by atoms with E-state index in [1.165, 1.54) is 6.07 Å². The van der Waals surface area contributed by atoms with E-state index in [4.69, 9.17) is 4.42 Å². The minimum Gasteiger partial charge on any atom is -0.419 e. The number of carbonyl (C=O) groups is 1. The van der Waals surface area contributed by atoms with Crippen LogP contribution < -0.4 is 10.6 Å². The van der Waals surface area contributed by atoms with Crippen LogP contribution in [0.25, 0.3) is 11.5 Å². The molecule has 1 atom stereocenters. The minimum atomic E-state index is -4.51. The van der Waals surface area contributed by atoms with Crippen molar-refractivity contribution in [3.05, 3.63) is 35.6 Å². The predicted molar refractivity (Wildman–Crippen MR) is 101 cm³/mol. The standard InChI is InChI=1S/C19H18F3N7O2/c1-18(6-7-23-16(18)30)17-27-26-15(31-17)13-11-3-2-8-29(11)28-14(13)25-10-4-5-12(24-9-10)19(20,21)22/h4-5,9H,2-3,6-8H2,1H3,(H,23,30)(H,25,28)/t18-/m0/s1. The van der Waals surface area contributed by atoms with Crippen molar-refractivity contribution in [3.8, 4) is 11.5 Å². The summed E-state index contributed by atoms with van der Waals surface area (Å²) >= 11 is 0. The van der Waals surface area contributed by atoms with E-state index in [-0.39, 0.29) is 17.7 Å². The molecule has 31 heavy (non-hydrogen) atoms. The van der Waals surface area contributed by atoms with Gasteiger partial charge in [0, 0.05) is 13.1 Å². The fraction of sp³-hybridized carbons (Fsp3) is 0.421. The first kappa shape index (κ1) is 19.5. The largest absolute Gasteiger partial charge is 0.433 e. The van der Waals surface area contributed by atoms with Gasteiger partial charge in [-0.2, -0.15) is 18.3 Å². The number of halogens is 3. The van der Waals surface area contributed by atoms with Crippen molar-refractivity contribution < 1.29 is 22.4 Å². The molecule has 0 saturated carbocycles. The zero-order valence-corrected chi connectivity index (χ0v) is 16.5. The molecule has 2 N–H and O–H groups in total. The number of alkyl halides is 3. The number of aromatic nitrogens is 5. The van der Waals surface area contributed by atoms with Crippen LogP contribution in [-0.4, -0.2) is 37.4 Å². The van der Waals surface area contributed by atoms with E-state index in [1.54, 1.807) is 6.92 Å². The van der Waals surface area contributed by atoms with Gasteiger partial charge in [0.05, 0.1) is 17.6 Å². The highest BCUT2D eigenvalue weighted by Gasteiger charge is 2.44. The smallest absolute Gasteiger partial charge is 0.419 e. The Morgan fingerprint density at radius 1 is 1.29 bits per heavy atom. The molecule has 5 rings (SSSR count). The summed E-state index contributed by atoms with van der Waals surface area (Å²) in [5, 5.41) is 18.6. The number of aryl methyl sites for hydroxylation is 1. The van der Waals surface area contributed by atoms with Crippen molar-refractivity contribution >= 4 is 17.4 Å². The number of amides is 1. The number of hydrogen-bond acceptors (Lipinski definition) is 7. The van der Waals surface area contributed by atoms with Crippen molar-refractivity contribution in [1.82, 2.24) is 30.3 Å². The molecule has 0 spiro atoms. The SMILES string of the molecule is C[C@]1(c2nnc(-c3c(Nc4ccc(C(F)(F)F)nc4)nn4c3CCC4)o2)CCNC1=O. The molecule has 0 aliphatic carbocycles. The van der Waals surface area contributed by atoms with Gasteiger partial charge in [-0.3, -0.25) is 9.48 Å². The summed E-state index contributed by atoms with van der Waals surface area (Å²) in [7, 11) is 0. The lowest BCUT2D eigenvalue weighted by Gasteiger charge is -2.14. The Labute approximate surface area is 174 Å². The molecule has 9 nitrogen and oxygen atoms in total. The summed E-state index contributed by atoms with van der Waals surface area (Å²) < 4.78 is 46.0. The second-order valence-corrected chi connectivity index (χ2v) is 7.80. The summed E-state index contributed by atoms with van der Waals surface area (Å²) in [6.45, 7) is 2.99. The fourth-order valence-electron chi connectivity index (χ4n) is 3.90. The van der Waals surface area contributed by atoms with Gasteiger partial charge < -0.3 is 15.1 Å². The molecule has 162 valence electrons. The van der Waals surface area contributed by atoms with Crippen LogP contribution in [0.15, 0.2) is 22.7 Å². The van der Waals surface area contributed by atoms with Gasteiger partial charge in [-0.1, -0.05) is 0 Å². The fourth-order valence-corrected chi connectivity index (χ4v) is 3.90. The summed E-state index contributed by atoms with van der Waals surface area (Å²) in [6.07, 6.45) is -1.23. The average molecular weight is 433 g/mol. The van der Waals surface area contributed by atoms with E-state index in [2.05, 4.69) is 30.9 Å². The average Bonchev–Trinajstić information content (AvgIpc) is 3.47. The highest BCUT2D eigenvalue weighted by molar-refractivity contribution is 5.88. The maximum atomic E-state index is 12.8. The molecule has 3 aromatic rings. The molecule has 12 heteroatoms. The van der Waals surface area contributed by atoms with Gasteiger partial charge >= 0.3 is 6.18 Å². The molecule has 1 fully saturated rings. The van der Waals surface area contributed by atoms with E-state index in [0.717, 1.165) is 30.8 Å². The maximum absolute atomic E-state index is 12.8. The molecule has 0 unspecified atom stereocenters. The Kier molecular flexibility index (Phi) is 4.27. The van der Waals surface area contributed by atoms with E-state index >= 15 is 0 Å². The van der Waals surface area contributed by atoms with E-state index < -0.39 is 17.3 Å². The first-order valence-electron chi connectivity index (χ1n) is 9.78. The number of anilines is 2. The first-order chi connectivity index (χ1) is 14.8. The number of nitrogens with zero attached hydrogens (tertiary/aromatic N) is 5. The van der Waals surface area contributed by atoms with Crippen LogP contribution in [0.2, 0.25) is 0 Å². The summed E-state index contributed by atoms with van der Waals surface area (Å²) in [6, 6.07) is 2.18. The Morgan fingerprint density at radius 3 is 2.81 bits per heavy atom. The molecule has 1 amide bonds. The van der Waals surface area contributed by atoms with Crippen molar-refractivity contribution in [1.29, 1.82) is 0 Å². The second kappa shape index (κ2) is 6.79. The number of fused-ring (bicyclic) bond motifs is 1. The molecule has 0 aromatic carbocycles. The van der Waals surface area contributed by atoms with Crippen LogP contribution in [0, 0.1) is 0 Å². The van der Waals surface area contributed by atoms with Crippen molar-refractivity contribution in [2.24, 2.45) is 0 Å². The third-order valence-electron chi connectivity index (χ3n) is 5.68. The predicted octanol–water partition coefficient (Wildman–Crippen LogP) is 2.81. The molecule has 5 heterocycles. The third-order valence-corrected chi connectivity index (χ3v) is 5.68. The lowest BCUT2D eigenvalue weighted by atomic mass is 9.89. The van der Waals surface area contributed by atoms with Gasteiger partial charge in [0.2, 0.25) is 11.8 Å². The Balaban J connectivity index is 1.50. The zero-order chi connectivity index (χ0) is 21.8. The zero-order valence-electron chi connectivity index (χ0n) is 16.5. The van der Waals surface area contributed by atoms with Crippen LogP contribution in [0.1, 0.15) is 37.0 Å². The van der Waals surface area contributed by atoms with Gasteiger partial charge in [-0.25, -0.2) is 4.98 Å². The molecule has 0 radical (unpaired) electrons. The lowest BCUT2D eigenvalue weighted by molar-refractivity contribution is -0.141. The number of carbonyl (C=O) groups excluding carboxylic acids is 1. The third kappa shape index (κ3) is 3.22. The van der Waals surface area contributed by atoms with Crippen molar-refractivity contribution in [2.45, 2.75) is 44.3 Å². The van der Waals surface area contributed by atoms with Crippen molar-refractivity contribution in [2.75, 3.05) is 11.9 Å². The second-order valence-electron chi connectivity index (χ2n) is 7.80. The van der Waals surface area contributed by atoms with Crippen LogP contribution in [0.3, 0.4) is 0 Å². The van der Waals surface area contributed by atoms with E-state index in [1.807, 2.05) is 4.68 Å². The Bertz CT molecular complexity index is 1150. The Morgan fingerprint density at radius 2 is 2.13 bits per heavy atom. The van der Waals surface area contributed by atoms with E-state index in [9.17, 15) is 18.0 Å². The molecular weight excluding hydrogens is 415 g/mol. The molecule has 2 aliphatic heterocycles. The number of pyridine rings is 1. The quantitative estimate of drug-likeness (QED) is 0.651. The van der Waals surface area contributed by atoms with Crippen LogP contribution >= 0.6 is 0 Å². The van der Waals surface area contributed by atoms with E-state index in [0.29, 0.717) is 36.6 Å². The highest BCUT2D eigenvalue weighted by Crippen LogP contribution is 2.38. The molecule has 0 bridgehead atoms. The minimum absolute atomic E-state index is 0.169. The summed E-state index contributed by atoms with van der Waals surface area (Å²) in [4.78, 5) is 15.7. The lowest BCUT2D eigenvalue weighted by Crippen LogP contribution is -2.32. The van der Waals surface area contributed by atoms with Crippen LogP contribution in [0.5, 0.6) is 0 Å². The number of hydrogen-bond donors (Lipinski definition) is 2. The van der Waals surface area contributed by atoms with Gasteiger partial charge in [0.15, 0.2) is 5.82 Å². The highest BCUT2D eigenvalue weighted by atomic mass is 19.4. The van der Waals surface area contributed by atoms with Crippen molar-refractivity contribution in [3.63, 3.8) is 0 Å². The summed E-state index contributed by atoms with van der Waals surface area (Å²) in [5.41, 5.74) is -0.0631. The monoisotopic (exact) mass is 433 g/mol. The normalized spacial score (nSPS) is 20.7. The molecule has 1 saturated heterocycles.